The van der Waals surface area contributed by atoms with Crippen molar-refractivity contribution >= 4 is 0 Å². The molecule has 104 valence electrons. The van der Waals surface area contributed by atoms with Crippen molar-refractivity contribution in [3.8, 4) is 5.75 Å². The monoisotopic (exact) mass is 268 g/mol. The Morgan fingerprint density at radius 1 is 1.05 bits per heavy atom. The van der Waals surface area contributed by atoms with Gasteiger partial charge >= 0.3 is 0 Å². The van der Waals surface area contributed by atoms with Crippen molar-refractivity contribution in [2.45, 2.75) is 39.4 Å². The summed E-state index contributed by atoms with van der Waals surface area (Å²) in [7, 11) is 0. The van der Waals surface area contributed by atoms with E-state index in [1.54, 1.807) is 0 Å². The Balaban J connectivity index is 1.99. The second kappa shape index (κ2) is 4.95. The van der Waals surface area contributed by atoms with Gasteiger partial charge in [-0.25, -0.2) is 0 Å². The molecule has 2 nitrogen and oxygen atoms in total. The minimum absolute atomic E-state index is 0.0693. The molecule has 0 saturated heterocycles. The lowest BCUT2D eigenvalue weighted by atomic mass is 9.91. The van der Waals surface area contributed by atoms with Gasteiger partial charge in [0.2, 0.25) is 0 Å². The van der Waals surface area contributed by atoms with E-state index in [2.05, 4.69) is 32.0 Å². The van der Waals surface area contributed by atoms with E-state index in [0.717, 1.165) is 16.9 Å². The summed E-state index contributed by atoms with van der Waals surface area (Å²) in [5.74, 6) is 0.806. The average molecular weight is 268 g/mol. The van der Waals surface area contributed by atoms with E-state index < -0.39 is 6.10 Å². The first-order valence-electron chi connectivity index (χ1n) is 7.07. The van der Waals surface area contributed by atoms with Crippen LogP contribution in [0.5, 0.6) is 5.75 Å². The number of ether oxygens (including phenoxy) is 1. The Bertz CT molecular complexity index is 646. The van der Waals surface area contributed by atoms with Crippen LogP contribution in [0, 0.1) is 20.8 Å². The van der Waals surface area contributed by atoms with Gasteiger partial charge in [0.25, 0.3) is 0 Å². The molecule has 0 spiro atoms. The molecule has 0 aliphatic carbocycles. The van der Waals surface area contributed by atoms with Gasteiger partial charge in [-0.1, -0.05) is 29.8 Å². The third-order valence-electron chi connectivity index (χ3n) is 4.22. The summed E-state index contributed by atoms with van der Waals surface area (Å²) in [6, 6.07) is 12.3. The maximum atomic E-state index is 10.4. The molecule has 1 aliphatic rings. The van der Waals surface area contributed by atoms with Crippen molar-refractivity contribution < 1.29 is 9.84 Å². The van der Waals surface area contributed by atoms with Gasteiger partial charge in [0, 0.05) is 12.0 Å². The first kappa shape index (κ1) is 13.2. The molecule has 1 aliphatic heterocycles. The SMILES string of the molecule is Cc1ccc2c(c1)C(O)CC(c1cccc(C)c1C)O2. The molecular weight excluding hydrogens is 248 g/mol. The maximum Gasteiger partial charge on any atom is 0.127 e. The van der Waals surface area contributed by atoms with Crippen LogP contribution in [-0.4, -0.2) is 5.11 Å². The predicted molar refractivity (Wildman–Crippen MR) is 80.0 cm³/mol. The Kier molecular flexibility index (Phi) is 3.27. The lowest BCUT2D eigenvalue weighted by molar-refractivity contribution is 0.0653. The first-order chi connectivity index (χ1) is 9.56. The third-order valence-corrected chi connectivity index (χ3v) is 4.22. The van der Waals surface area contributed by atoms with Gasteiger partial charge in [-0.2, -0.15) is 0 Å². The van der Waals surface area contributed by atoms with E-state index in [4.69, 9.17) is 4.74 Å². The first-order valence-corrected chi connectivity index (χ1v) is 7.07. The molecule has 2 atom stereocenters. The minimum atomic E-state index is -0.455. The molecule has 0 fully saturated rings. The molecule has 0 amide bonds. The van der Waals surface area contributed by atoms with Crippen molar-refractivity contribution in [3.63, 3.8) is 0 Å². The van der Waals surface area contributed by atoms with Crippen molar-refractivity contribution in [1.82, 2.24) is 0 Å². The summed E-state index contributed by atoms with van der Waals surface area (Å²) in [6.45, 7) is 6.25. The van der Waals surface area contributed by atoms with Gasteiger partial charge in [-0.05, 0) is 49.6 Å². The number of aliphatic hydroxyl groups excluding tert-OH is 1. The molecular formula is C18H20O2. The topological polar surface area (TPSA) is 29.5 Å². The van der Waals surface area contributed by atoms with Crippen LogP contribution >= 0.6 is 0 Å². The largest absolute Gasteiger partial charge is 0.485 e. The minimum Gasteiger partial charge on any atom is -0.485 e. The average Bonchev–Trinajstić information content (AvgIpc) is 2.42. The van der Waals surface area contributed by atoms with Crippen molar-refractivity contribution in [3.05, 3.63) is 64.2 Å². The highest BCUT2D eigenvalue weighted by molar-refractivity contribution is 5.42. The summed E-state index contributed by atoms with van der Waals surface area (Å²) in [6.07, 6.45) is 0.0875. The fourth-order valence-electron chi connectivity index (χ4n) is 2.88. The fourth-order valence-corrected chi connectivity index (χ4v) is 2.88. The lowest BCUT2D eigenvalue weighted by Gasteiger charge is -2.31. The van der Waals surface area contributed by atoms with E-state index in [9.17, 15) is 5.11 Å². The van der Waals surface area contributed by atoms with E-state index in [-0.39, 0.29) is 6.10 Å². The van der Waals surface area contributed by atoms with Crippen molar-refractivity contribution in [2.75, 3.05) is 0 Å². The number of aliphatic hydroxyl groups is 1. The molecule has 1 heterocycles. The number of hydrogen-bond donors (Lipinski definition) is 1. The molecule has 3 rings (SSSR count). The van der Waals surface area contributed by atoms with Crippen LogP contribution in [0.2, 0.25) is 0 Å². The number of aryl methyl sites for hydroxylation is 2. The zero-order valence-electron chi connectivity index (χ0n) is 12.2. The highest BCUT2D eigenvalue weighted by Gasteiger charge is 2.29. The Morgan fingerprint density at radius 3 is 2.65 bits per heavy atom. The quantitative estimate of drug-likeness (QED) is 0.841. The van der Waals surface area contributed by atoms with Gasteiger partial charge in [0.05, 0.1) is 6.10 Å². The van der Waals surface area contributed by atoms with Crippen LogP contribution in [0.4, 0.5) is 0 Å². The van der Waals surface area contributed by atoms with Crippen LogP contribution in [0.25, 0.3) is 0 Å². The number of rotatable bonds is 1. The van der Waals surface area contributed by atoms with Gasteiger partial charge < -0.3 is 9.84 Å². The smallest absolute Gasteiger partial charge is 0.127 e. The van der Waals surface area contributed by atoms with Crippen LogP contribution in [0.3, 0.4) is 0 Å². The third kappa shape index (κ3) is 2.20. The highest BCUT2D eigenvalue weighted by Crippen LogP contribution is 2.41. The van der Waals surface area contributed by atoms with Crippen LogP contribution in [0.15, 0.2) is 36.4 Å². The Labute approximate surface area is 120 Å². The Morgan fingerprint density at radius 2 is 1.85 bits per heavy atom. The van der Waals surface area contributed by atoms with Crippen molar-refractivity contribution in [2.24, 2.45) is 0 Å². The second-order valence-electron chi connectivity index (χ2n) is 5.69. The van der Waals surface area contributed by atoms with E-state index >= 15 is 0 Å². The standard InChI is InChI=1S/C18H20O2/c1-11-7-8-17-15(9-11)16(19)10-18(20-17)14-6-4-5-12(2)13(14)3/h4-9,16,18-19H,10H2,1-3H3. The summed E-state index contributed by atoms with van der Waals surface area (Å²) >= 11 is 0. The molecule has 0 aromatic heterocycles. The molecule has 0 saturated carbocycles. The molecule has 0 radical (unpaired) electrons. The second-order valence-corrected chi connectivity index (χ2v) is 5.69. The zero-order chi connectivity index (χ0) is 14.3. The Hall–Kier alpha value is -1.80. The van der Waals surface area contributed by atoms with Gasteiger partial charge in [-0.15, -0.1) is 0 Å². The highest BCUT2D eigenvalue weighted by atomic mass is 16.5. The fraction of sp³-hybridized carbons (Fsp3) is 0.333. The van der Waals surface area contributed by atoms with Crippen LogP contribution in [-0.2, 0) is 0 Å². The number of fused-ring (bicyclic) bond motifs is 1. The summed E-state index contributed by atoms with van der Waals surface area (Å²) < 4.78 is 6.12. The molecule has 2 unspecified atom stereocenters. The van der Waals surface area contributed by atoms with E-state index in [1.165, 1.54) is 16.7 Å². The van der Waals surface area contributed by atoms with Crippen molar-refractivity contribution in [1.29, 1.82) is 0 Å². The van der Waals surface area contributed by atoms with E-state index in [0.29, 0.717) is 6.42 Å². The van der Waals surface area contributed by atoms with Gasteiger partial charge in [-0.3, -0.25) is 0 Å². The normalized spacial score (nSPS) is 21.2. The lowest BCUT2D eigenvalue weighted by Crippen LogP contribution is -2.20. The van der Waals surface area contributed by atoms with Gasteiger partial charge in [0.15, 0.2) is 0 Å². The summed E-state index contributed by atoms with van der Waals surface area (Å²) in [5.41, 5.74) is 5.74. The van der Waals surface area contributed by atoms with Gasteiger partial charge in [0.1, 0.15) is 11.9 Å². The van der Waals surface area contributed by atoms with E-state index in [1.807, 2.05) is 25.1 Å². The molecule has 1 N–H and O–H groups in total. The number of hydrogen-bond acceptors (Lipinski definition) is 2. The van der Waals surface area contributed by atoms with Crippen LogP contribution < -0.4 is 4.74 Å². The zero-order valence-corrected chi connectivity index (χ0v) is 12.2. The molecule has 20 heavy (non-hydrogen) atoms. The molecule has 0 bridgehead atoms. The van der Waals surface area contributed by atoms with Crippen LogP contribution in [0.1, 0.15) is 46.4 Å². The molecule has 2 aromatic rings. The predicted octanol–water partition coefficient (Wildman–Crippen LogP) is 4.17. The number of benzene rings is 2. The maximum absolute atomic E-state index is 10.4. The summed E-state index contributed by atoms with van der Waals surface area (Å²) in [5, 5.41) is 10.4. The molecule has 2 aromatic carbocycles. The molecule has 2 heteroatoms. The summed E-state index contributed by atoms with van der Waals surface area (Å²) in [4.78, 5) is 0.